The minimum Gasteiger partial charge on any atom is -0.264 e. The zero-order chi connectivity index (χ0) is 15.1. The van der Waals surface area contributed by atoms with Gasteiger partial charge in [-0.25, -0.2) is 22.3 Å². The lowest BCUT2D eigenvalue weighted by Crippen LogP contribution is -2.14. The van der Waals surface area contributed by atoms with Gasteiger partial charge >= 0.3 is 0 Å². The molecule has 0 bridgehead atoms. The fraction of sp³-hybridized carbons (Fsp3) is 0.250. The van der Waals surface area contributed by atoms with E-state index in [1.807, 2.05) is 0 Å². The van der Waals surface area contributed by atoms with Crippen LogP contribution in [0.25, 0.3) is 0 Å². The van der Waals surface area contributed by atoms with Crippen molar-refractivity contribution < 1.29 is 17.2 Å². The Hall–Kier alpha value is -1.80. The molecule has 108 valence electrons. The first-order valence-electron chi connectivity index (χ1n) is 5.71. The summed E-state index contributed by atoms with van der Waals surface area (Å²) in [6.07, 6.45) is 0. The van der Waals surface area contributed by atoms with Gasteiger partial charge in [-0.3, -0.25) is 4.68 Å². The molecule has 2 N–H and O–H groups in total. The van der Waals surface area contributed by atoms with Crippen LogP contribution >= 0.6 is 0 Å². The van der Waals surface area contributed by atoms with Crippen molar-refractivity contribution in [3.05, 3.63) is 46.8 Å². The highest BCUT2D eigenvalue weighted by Crippen LogP contribution is 2.19. The van der Waals surface area contributed by atoms with Crippen molar-refractivity contribution in [1.29, 1.82) is 0 Å². The normalized spacial score (nSPS) is 11.8. The molecular weight excluding hydrogens is 288 g/mol. The largest absolute Gasteiger partial charge is 0.264 e. The summed E-state index contributed by atoms with van der Waals surface area (Å²) in [5.41, 5.74) is 1.10. The molecule has 0 saturated carbocycles. The summed E-state index contributed by atoms with van der Waals surface area (Å²) < 4.78 is 50.3. The number of aromatic nitrogens is 2. The summed E-state index contributed by atoms with van der Waals surface area (Å²) in [4.78, 5) is -0.0416. The Kier molecular flexibility index (Phi) is 3.61. The number of nitrogens with zero attached hydrogens (tertiary/aromatic N) is 2. The topological polar surface area (TPSA) is 78.0 Å². The van der Waals surface area contributed by atoms with Crippen LogP contribution in [0.2, 0.25) is 0 Å². The first kappa shape index (κ1) is 14.6. The predicted octanol–water partition coefficient (Wildman–Crippen LogP) is 1.47. The molecule has 2 aromatic rings. The van der Waals surface area contributed by atoms with Crippen molar-refractivity contribution in [2.75, 3.05) is 0 Å². The van der Waals surface area contributed by atoms with Crippen molar-refractivity contribution in [1.82, 2.24) is 9.78 Å². The maximum atomic E-state index is 13.1. The van der Waals surface area contributed by atoms with Crippen LogP contribution in [-0.2, 0) is 16.6 Å². The third-order valence-electron chi connectivity index (χ3n) is 2.92. The van der Waals surface area contributed by atoms with Crippen LogP contribution in [0, 0.1) is 25.5 Å². The van der Waals surface area contributed by atoms with Gasteiger partial charge < -0.3 is 0 Å². The minimum absolute atomic E-state index is 0.0416. The van der Waals surface area contributed by atoms with Gasteiger partial charge in [-0.15, -0.1) is 0 Å². The minimum atomic E-state index is -3.87. The average Bonchev–Trinajstić information content (AvgIpc) is 2.58. The predicted molar refractivity (Wildman–Crippen MR) is 68.5 cm³/mol. The fourth-order valence-electron chi connectivity index (χ4n) is 2.06. The van der Waals surface area contributed by atoms with Crippen molar-refractivity contribution in [3.8, 4) is 0 Å². The van der Waals surface area contributed by atoms with Crippen LogP contribution in [-0.4, -0.2) is 18.2 Å². The van der Waals surface area contributed by atoms with Gasteiger partial charge in [0.25, 0.3) is 0 Å². The Labute approximate surface area is 115 Å². The Balaban J connectivity index is 2.43. The van der Waals surface area contributed by atoms with Crippen LogP contribution in [0.5, 0.6) is 0 Å². The summed E-state index contributed by atoms with van der Waals surface area (Å²) >= 11 is 0. The van der Waals surface area contributed by atoms with Gasteiger partial charge in [0.15, 0.2) is 11.6 Å². The van der Waals surface area contributed by atoms with E-state index >= 15 is 0 Å². The zero-order valence-corrected chi connectivity index (χ0v) is 11.7. The molecule has 0 unspecified atom stereocenters. The van der Waals surface area contributed by atoms with E-state index in [1.54, 1.807) is 6.92 Å². The van der Waals surface area contributed by atoms with Gasteiger partial charge in [0.1, 0.15) is 4.90 Å². The Morgan fingerprint density at radius 3 is 2.40 bits per heavy atom. The standard InChI is InChI=1S/C12H13F2N3O2S/c1-7-12(20(15,18)19)8(2)17(16-7)6-9-3-4-10(13)11(14)5-9/h3-5H,6H2,1-2H3,(H2,15,18,19). The second-order valence-corrected chi connectivity index (χ2v) is 5.95. The fourth-order valence-corrected chi connectivity index (χ4v) is 3.03. The third kappa shape index (κ3) is 2.70. The maximum absolute atomic E-state index is 13.1. The molecule has 20 heavy (non-hydrogen) atoms. The number of hydrogen-bond donors (Lipinski definition) is 1. The monoisotopic (exact) mass is 301 g/mol. The zero-order valence-electron chi connectivity index (χ0n) is 10.9. The molecule has 0 fully saturated rings. The lowest BCUT2D eigenvalue weighted by molar-refractivity contribution is 0.505. The van der Waals surface area contributed by atoms with Gasteiger partial charge in [0.2, 0.25) is 10.0 Å². The van der Waals surface area contributed by atoms with Crippen molar-refractivity contribution in [2.45, 2.75) is 25.3 Å². The number of nitrogens with two attached hydrogens (primary N) is 1. The Bertz CT molecular complexity index is 769. The number of halogens is 2. The van der Waals surface area contributed by atoms with Crippen LogP contribution in [0.1, 0.15) is 17.0 Å². The highest BCUT2D eigenvalue weighted by atomic mass is 32.2. The molecule has 0 spiro atoms. The molecule has 1 aromatic carbocycles. The summed E-state index contributed by atoms with van der Waals surface area (Å²) in [5.74, 6) is -1.90. The van der Waals surface area contributed by atoms with Crippen molar-refractivity contribution >= 4 is 10.0 Å². The number of benzene rings is 1. The molecule has 0 aliphatic heterocycles. The van der Waals surface area contributed by atoms with Crippen LogP contribution in [0.3, 0.4) is 0 Å². The molecule has 0 aliphatic carbocycles. The molecule has 2 rings (SSSR count). The third-order valence-corrected chi connectivity index (χ3v) is 4.08. The summed E-state index contributed by atoms with van der Waals surface area (Å²) in [5, 5.41) is 9.18. The molecule has 5 nitrogen and oxygen atoms in total. The second kappa shape index (κ2) is 4.95. The van der Waals surface area contributed by atoms with E-state index in [4.69, 9.17) is 5.14 Å². The molecule has 1 aromatic heterocycles. The molecule has 1 heterocycles. The Morgan fingerprint density at radius 2 is 1.90 bits per heavy atom. The number of sulfonamides is 1. The van der Waals surface area contributed by atoms with Gasteiger partial charge in [-0.05, 0) is 31.5 Å². The number of primary sulfonamides is 1. The summed E-state index contributed by atoms with van der Waals surface area (Å²) in [6, 6.07) is 3.46. The lowest BCUT2D eigenvalue weighted by Gasteiger charge is -2.05. The van der Waals surface area contributed by atoms with Crippen LogP contribution < -0.4 is 5.14 Å². The van der Waals surface area contributed by atoms with Gasteiger partial charge in [0.05, 0.1) is 17.9 Å². The Morgan fingerprint density at radius 1 is 1.25 bits per heavy atom. The lowest BCUT2D eigenvalue weighted by atomic mass is 10.2. The van der Waals surface area contributed by atoms with Crippen LogP contribution in [0.15, 0.2) is 23.1 Å². The van der Waals surface area contributed by atoms with Gasteiger partial charge in [-0.2, -0.15) is 5.10 Å². The number of aryl methyl sites for hydroxylation is 1. The second-order valence-electron chi connectivity index (χ2n) is 4.45. The van der Waals surface area contributed by atoms with E-state index in [2.05, 4.69) is 5.10 Å². The molecule has 0 radical (unpaired) electrons. The quantitative estimate of drug-likeness (QED) is 0.932. The number of rotatable bonds is 3. The van der Waals surface area contributed by atoms with Crippen molar-refractivity contribution in [3.63, 3.8) is 0 Å². The first-order valence-corrected chi connectivity index (χ1v) is 7.25. The van der Waals surface area contributed by atoms with E-state index in [0.717, 1.165) is 12.1 Å². The van der Waals surface area contributed by atoms with E-state index in [1.165, 1.54) is 17.7 Å². The highest BCUT2D eigenvalue weighted by molar-refractivity contribution is 7.89. The van der Waals surface area contributed by atoms with Gasteiger partial charge in [0, 0.05) is 0 Å². The molecule has 8 heteroatoms. The van der Waals surface area contributed by atoms with Crippen LogP contribution in [0.4, 0.5) is 8.78 Å². The molecule has 0 saturated heterocycles. The number of hydrogen-bond acceptors (Lipinski definition) is 3. The summed E-state index contributed by atoms with van der Waals surface area (Å²) in [6.45, 7) is 3.20. The van der Waals surface area contributed by atoms with E-state index < -0.39 is 21.7 Å². The molecule has 0 amide bonds. The van der Waals surface area contributed by atoms with Gasteiger partial charge in [-0.1, -0.05) is 6.07 Å². The molecule has 0 atom stereocenters. The highest BCUT2D eigenvalue weighted by Gasteiger charge is 2.21. The van der Waals surface area contributed by atoms with E-state index in [0.29, 0.717) is 11.3 Å². The average molecular weight is 301 g/mol. The first-order chi connectivity index (χ1) is 9.20. The SMILES string of the molecule is Cc1nn(Cc2ccc(F)c(F)c2)c(C)c1S(N)(=O)=O. The van der Waals surface area contributed by atoms with Crippen molar-refractivity contribution in [2.24, 2.45) is 5.14 Å². The smallest absolute Gasteiger partial charge is 0.241 e. The molecular formula is C12H13F2N3O2S. The molecule has 0 aliphatic rings. The summed E-state index contributed by atoms with van der Waals surface area (Å²) in [7, 11) is -3.87. The van der Waals surface area contributed by atoms with E-state index in [-0.39, 0.29) is 17.1 Å². The maximum Gasteiger partial charge on any atom is 0.241 e. The van der Waals surface area contributed by atoms with E-state index in [9.17, 15) is 17.2 Å².